The van der Waals surface area contributed by atoms with Crippen LogP contribution in [0, 0.1) is 6.92 Å². The Morgan fingerprint density at radius 2 is 1.76 bits per heavy atom. The second kappa shape index (κ2) is 7.77. The Balaban J connectivity index is 1.70. The zero-order chi connectivity index (χ0) is 17.6. The number of carbonyl (C=O) groups excluding carboxylic acids is 1. The van der Waals surface area contributed by atoms with E-state index < -0.39 is 0 Å². The van der Waals surface area contributed by atoms with E-state index >= 15 is 0 Å². The van der Waals surface area contributed by atoms with Crippen molar-refractivity contribution in [3.8, 4) is 0 Å². The predicted octanol–water partition coefficient (Wildman–Crippen LogP) is 4.11. The number of aryl methyl sites for hydroxylation is 1. The molecule has 1 amide bonds. The van der Waals surface area contributed by atoms with Crippen LogP contribution in [0.3, 0.4) is 0 Å². The number of nitrogens with zero attached hydrogens (tertiary/aromatic N) is 2. The van der Waals surface area contributed by atoms with Gasteiger partial charge in [0.05, 0.1) is 0 Å². The van der Waals surface area contributed by atoms with Crippen LogP contribution in [0.1, 0.15) is 21.7 Å². The van der Waals surface area contributed by atoms with Crippen molar-refractivity contribution in [2.75, 3.05) is 5.32 Å². The van der Waals surface area contributed by atoms with Gasteiger partial charge in [0, 0.05) is 22.9 Å². The molecule has 6 heteroatoms. The highest BCUT2D eigenvalue weighted by molar-refractivity contribution is 6.30. The van der Waals surface area contributed by atoms with Crippen LogP contribution in [-0.4, -0.2) is 15.9 Å². The molecule has 5 nitrogen and oxygen atoms in total. The van der Waals surface area contributed by atoms with Crippen LogP contribution in [0.4, 0.5) is 11.6 Å². The van der Waals surface area contributed by atoms with E-state index in [-0.39, 0.29) is 5.91 Å². The molecule has 3 aromatic rings. The number of carbonyl (C=O) groups is 1. The number of aromatic nitrogens is 2. The summed E-state index contributed by atoms with van der Waals surface area (Å²) in [6, 6.07) is 18.6. The number of anilines is 2. The average molecular weight is 353 g/mol. The van der Waals surface area contributed by atoms with E-state index in [2.05, 4.69) is 20.6 Å². The summed E-state index contributed by atoms with van der Waals surface area (Å²) < 4.78 is 0. The van der Waals surface area contributed by atoms with Gasteiger partial charge < -0.3 is 10.6 Å². The van der Waals surface area contributed by atoms with E-state index in [1.165, 1.54) is 0 Å². The Bertz CT molecular complexity index is 866. The quantitative estimate of drug-likeness (QED) is 0.725. The topological polar surface area (TPSA) is 66.9 Å². The van der Waals surface area contributed by atoms with Crippen LogP contribution in [0.15, 0.2) is 60.7 Å². The van der Waals surface area contributed by atoms with Crippen molar-refractivity contribution >= 4 is 29.1 Å². The summed E-state index contributed by atoms with van der Waals surface area (Å²) in [5, 5.41) is 6.62. The Morgan fingerprint density at radius 3 is 2.48 bits per heavy atom. The minimum atomic E-state index is -0.253. The molecular formula is C19H17ClN4O. The molecule has 1 heterocycles. The highest BCUT2D eigenvalue weighted by Gasteiger charge is 2.10. The van der Waals surface area contributed by atoms with Crippen LogP contribution in [-0.2, 0) is 6.54 Å². The fourth-order valence-corrected chi connectivity index (χ4v) is 2.39. The van der Waals surface area contributed by atoms with Gasteiger partial charge in [0.2, 0.25) is 5.95 Å². The lowest BCUT2D eigenvalue weighted by molar-refractivity contribution is 0.0945. The number of rotatable bonds is 5. The lowest BCUT2D eigenvalue weighted by Crippen LogP contribution is -2.24. The van der Waals surface area contributed by atoms with E-state index in [1.807, 2.05) is 49.4 Å². The number of halogens is 1. The zero-order valence-electron chi connectivity index (χ0n) is 13.7. The van der Waals surface area contributed by atoms with Gasteiger partial charge in [-0.25, -0.2) is 9.97 Å². The summed E-state index contributed by atoms with van der Waals surface area (Å²) in [6.07, 6.45) is 0. The second-order valence-electron chi connectivity index (χ2n) is 5.52. The number of hydrogen-bond acceptors (Lipinski definition) is 4. The van der Waals surface area contributed by atoms with E-state index in [4.69, 9.17) is 11.6 Å². The van der Waals surface area contributed by atoms with Crippen molar-refractivity contribution in [2.24, 2.45) is 0 Å². The van der Waals surface area contributed by atoms with Gasteiger partial charge in [-0.15, -0.1) is 0 Å². The fourth-order valence-electron chi connectivity index (χ4n) is 2.27. The van der Waals surface area contributed by atoms with Crippen LogP contribution in [0.5, 0.6) is 0 Å². The molecule has 0 aliphatic heterocycles. The lowest BCUT2D eigenvalue weighted by Gasteiger charge is -2.09. The molecule has 0 spiro atoms. The third kappa shape index (κ3) is 4.78. The van der Waals surface area contributed by atoms with Crippen LogP contribution in [0.25, 0.3) is 0 Å². The molecule has 0 radical (unpaired) electrons. The van der Waals surface area contributed by atoms with Crippen LogP contribution >= 0.6 is 11.6 Å². The van der Waals surface area contributed by atoms with Crippen molar-refractivity contribution in [1.82, 2.24) is 15.3 Å². The maximum Gasteiger partial charge on any atom is 0.270 e. The van der Waals surface area contributed by atoms with E-state index in [9.17, 15) is 4.79 Å². The highest BCUT2D eigenvalue weighted by atomic mass is 35.5. The Morgan fingerprint density at radius 1 is 1.04 bits per heavy atom. The van der Waals surface area contributed by atoms with Gasteiger partial charge in [-0.2, -0.15) is 0 Å². The summed E-state index contributed by atoms with van der Waals surface area (Å²) in [6.45, 7) is 2.23. The number of hydrogen-bond donors (Lipinski definition) is 2. The molecule has 0 saturated heterocycles. The first-order valence-corrected chi connectivity index (χ1v) is 8.18. The fraction of sp³-hybridized carbons (Fsp3) is 0.105. The second-order valence-corrected chi connectivity index (χ2v) is 5.95. The molecule has 0 saturated carbocycles. The molecular weight excluding hydrogens is 336 g/mol. The molecule has 0 unspecified atom stereocenters. The molecule has 0 bridgehead atoms. The minimum absolute atomic E-state index is 0.253. The largest absolute Gasteiger partial charge is 0.347 e. The smallest absolute Gasteiger partial charge is 0.270 e. The van der Waals surface area contributed by atoms with Gasteiger partial charge in [-0.3, -0.25) is 4.79 Å². The molecule has 0 aliphatic rings. The van der Waals surface area contributed by atoms with Gasteiger partial charge in [0.15, 0.2) is 0 Å². The third-order valence-corrected chi connectivity index (χ3v) is 3.74. The molecule has 0 fully saturated rings. The first-order chi connectivity index (χ1) is 12.1. The predicted molar refractivity (Wildman–Crippen MR) is 99.1 cm³/mol. The molecule has 0 atom stereocenters. The van der Waals surface area contributed by atoms with Gasteiger partial charge in [0.25, 0.3) is 5.91 Å². The summed E-state index contributed by atoms with van der Waals surface area (Å²) >= 11 is 5.86. The minimum Gasteiger partial charge on any atom is -0.347 e. The normalized spacial score (nSPS) is 10.3. The molecule has 0 aliphatic carbocycles. The summed E-state index contributed by atoms with van der Waals surface area (Å²) in [4.78, 5) is 21.0. The maximum atomic E-state index is 12.4. The molecule has 1 aromatic heterocycles. The SMILES string of the molecule is Cc1cc(C(=O)NCc2ccc(Cl)cc2)nc(Nc2ccccc2)n1. The van der Waals surface area contributed by atoms with Crippen LogP contribution < -0.4 is 10.6 Å². The van der Waals surface area contributed by atoms with E-state index in [0.717, 1.165) is 11.3 Å². The molecule has 2 N–H and O–H groups in total. The third-order valence-electron chi connectivity index (χ3n) is 3.48. The molecule has 3 rings (SSSR count). The van der Waals surface area contributed by atoms with Gasteiger partial charge in [-0.1, -0.05) is 41.9 Å². The van der Waals surface area contributed by atoms with Crippen molar-refractivity contribution < 1.29 is 4.79 Å². The molecule has 25 heavy (non-hydrogen) atoms. The number of nitrogens with one attached hydrogen (secondary N) is 2. The van der Waals surface area contributed by atoms with Crippen molar-refractivity contribution in [3.05, 3.63) is 82.6 Å². The Kier molecular flexibility index (Phi) is 5.26. The van der Waals surface area contributed by atoms with Crippen molar-refractivity contribution in [2.45, 2.75) is 13.5 Å². The lowest BCUT2D eigenvalue weighted by atomic mass is 10.2. The number of para-hydroxylation sites is 1. The van der Waals surface area contributed by atoms with Gasteiger partial charge in [0.1, 0.15) is 5.69 Å². The summed E-state index contributed by atoms with van der Waals surface area (Å²) in [5.74, 6) is 0.138. The number of amides is 1. The summed E-state index contributed by atoms with van der Waals surface area (Å²) in [7, 11) is 0. The maximum absolute atomic E-state index is 12.4. The van der Waals surface area contributed by atoms with Gasteiger partial charge in [-0.05, 0) is 42.8 Å². The Hall–Kier alpha value is -2.92. The van der Waals surface area contributed by atoms with Crippen molar-refractivity contribution in [3.63, 3.8) is 0 Å². The monoisotopic (exact) mass is 352 g/mol. The van der Waals surface area contributed by atoms with Gasteiger partial charge >= 0.3 is 0 Å². The average Bonchev–Trinajstić information content (AvgIpc) is 2.61. The molecule has 126 valence electrons. The zero-order valence-corrected chi connectivity index (χ0v) is 14.4. The first kappa shape index (κ1) is 16.9. The molecule has 2 aromatic carbocycles. The Labute approximate surface area is 151 Å². The highest BCUT2D eigenvalue weighted by Crippen LogP contribution is 2.13. The van der Waals surface area contributed by atoms with E-state index in [1.54, 1.807) is 18.2 Å². The first-order valence-electron chi connectivity index (χ1n) is 7.80. The van der Waals surface area contributed by atoms with E-state index in [0.29, 0.717) is 28.9 Å². The van der Waals surface area contributed by atoms with Crippen LogP contribution in [0.2, 0.25) is 5.02 Å². The van der Waals surface area contributed by atoms with Crippen molar-refractivity contribution in [1.29, 1.82) is 0 Å². The standard InChI is InChI=1S/C19H17ClN4O/c1-13-11-17(18(25)21-12-14-7-9-15(20)10-8-14)24-19(22-13)23-16-5-3-2-4-6-16/h2-11H,12H2,1H3,(H,21,25)(H,22,23,24). The number of benzene rings is 2. The summed E-state index contributed by atoms with van der Waals surface area (Å²) in [5.41, 5.74) is 2.86.